The first kappa shape index (κ1) is 72.0. The van der Waals surface area contributed by atoms with Gasteiger partial charge in [-0.2, -0.15) is 0 Å². The Balaban J connectivity index is 4.41. The van der Waals surface area contributed by atoms with Gasteiger partial charge in [-0.3, -0.25) is 14.4 Å². The van der Waals surface area contributed by atoms with E-state index < -0.39 is 6.10 Å². The van der Waals surface area contributed by atoms with E-state index in [0.29, 0.717) is 19.3 Å². The molecule has 0 radical (unpaired) electrons. The smallest absolute Gasteiger partial charge is 0.306 e. The van der Waals surface area contributed by atoms with Crippen LogP contribution in [0.25, 0.3) is 0 Å². The average Bonchev–Trinajstić information content (AvgIpc) is 3.43. The highest BCUT2D eigenvalue weighted by molar-refractivity contribution is 5.71. The fourth-order valence-electron chi connectivity index (χ4n) is 7.94. The van der Waals surface area contributed by atoms with Crippen LogP contribution in [0, 0.1) is 0 Å². The maximum Gasteiger partial charge on any atom is 0.306 e. The van der Waals surface area contributed by atoms with Gasteiger partial charge in [-0.05, 0) is 135 Å². The molecule has 0 saturated carbocycles. The number of unbranched alkanes of at least 4 members (excludes halogenated alkanes) is 17. The van der Waals surface area contributed by atoms with Gasteiger partial charge in [-0.25, -0.2) is 0 Å². The fraction of sp³-hybridized carbons (Fsp3) is 0.592. The number of rotatable bonds is 54. The van der Waals surface area contributed by atoms with Crippen molar-refractivity contribution in [3.8, 4) is 0 Å². The maximum atomic E-state index is 12.9. The van der Waals surface area contributed by atoms with Crippen LogP contribution in [-0.2, 0) is 28.6 Å². The molecule has 0 aromatic carbocycles. The third-order valence-corrected chi connectivity index (χ3v) is 12.5. The molecule has 0 aromatic heterocycles. The number of hydrogen-bond acceptors (Lipinski definition) is 6. The van der Waals surface area contributed by atoms with Crippen molar-refractivity contribution < 1.29 is 28.6 Å². The first-order valence-electron chi connectivity index (χ1n) is 31.0. The largest absolute Gasteiger partial charge is 0.462 e. The van der Waals surface area contributed by atoms with Gasteiger partial charge < -0.3 is 14.2 Å². The van der Waals surface area contributed by atoms with Gasteiger partial charge in [0.1, 0.15) is 13.2 Å². The summed E-state index contributed by atoms with van der Waals surface area (Å²) in [4.78, 5) is 38.2. The second kappa shape index (κ2) is 63.6. The molecule has 0 fully saturated rings. The van der Waals surface area contributed by atoms with E-state index in [1.54, 1.807) is 0 Å². The van der Waals surface area contributed by atoms with Gasteiger partial charge in [0.25, 0.3) is 0 Å². The number of esters is 3. The van der Waals surface area contributed by atoms with Crippen LogP contribution < -0.4 is 0 Å². The molecule has 0 aromatic rings. The van der Waals surface area contributed by atoms with Gasteiger partial charge in [0.05, 0.1) is 0 Å². The van der Waals surface area contributed by atoms with Gasteiger partial charge in [-0.15, -0.1) is 0 Å². The van der Waals surface area contributed by atoms with E-state index in [4.69, 9.17) is 14.2 Å². The molecule has 0 bridgehead atoms. The first-order valence-corrected chi connectivity index (χ1v) is 31.0. The standard InChI is InChI=1S/C71H112O6/c1-4-7-10-13-16-19-22-25-27-29-30-31-32-33-34-35-36-37-38-39-40-42-43-46-49-52-55-58-61-64-70(73)76-67-68(66-75-69(72)63-60-57-54-51-48-45-24-21-18-15-12-9-6-3)77-71(74)65-62-59-56-53-50-47-44-41-28-26-23-20-17-14-11-8-5-2/h7,9-10,12,16-21,25-28,30-31,33-34,36-37,39-40,45,48,54,57,68H,4-6,8,11,13-15,22-24,29,32,35,38,41-44,46-47,49-53,55-56,58-67H2,1-3H3/b10-7-,12-9-,19-16-,20-17-,21-18-,27-25-,28-26-,31-30-,34-33-,37-36-,40-39-,48-45-,57-54-. The molecule has 0 rings (SSSR count). The highest BCUT2D eigenvalue weighted by Gasteiger charge is 2.19. The van der Waals surface area contributed by atoms with Crippen LogP contribution in [-0.4, -0.2) is 37.2 Å². The molecule has 432 valence electrons. The number of carbonyl (C=O) groups excluding carboxylic acids is 3. The molecule has 0 aliphatic carbocycles. The van der Waals surface area contributed by atoms with Crippen LogP contribution in [0.2, 0.25) is 0 Å². The van der Waals surface area contributed by atoms with Gasteiger partial charge in [-0.1, -0.05) is 256 Å². The van der Waals surface area contributed by atoms with Crippen LogP contribution in [0.4, 0.5) is 0 Å². The third kappa shape index (κ3) is 61.8. The summed E-state index contributed by atoms with van der Waals surface area (Å²) >= 11 is 0. The normalized spacial score (nSPS) is 13.2. The minimum Gasteiger partial charge on any atom is -0.462 e. The molecule has 77 heavy (non-hydrogen) atoms. The lowest BCUT2D eigenvalue weighted by Crippen LogP contribution is -2.30. The monoisotopic (exact) mass is 1060 g/mol. The molecule has 0 aliphatic rings. The lowest BCUT2D eigenvalue weighted by Gasteiger charge is -2.18. The predicted molar refractivity (Wildman–Crippen MR) is 334 cm³/mol. The lowest BCUT2D eigenvalue weighted by molar-refractivity contribution is -0.166. The molecule has 6 heteroatoms. The zero-order valence-electron chi connectivity index (χ0n) is 49.4. The van der Waals surface area contributed by atoms with E-state index in [2.05, 4.69) is 167 Å². The Morgan fingerprint density at radius 3 is 0.870 bits per heavy atom. The summed E-state index contributed by atoms with van der Waals surface area (Å²) in [6.45, 7) is 6.30. The van der Waals surface area contributed by atoms with Crippen LogP contribution in [0.3, 0.4) is 0 Å². The summed E-state index contributed by atoms with van der Waals surface area (Å²) in [5, 5.41) is 0. The molecule has 6 nitrogen and oxygen atoms in total. The van der Waals surface area contributed by atoms with Crippen molar-refractivity contribution in [2.45, 2.75) is 258 Å². The Bertz CT molecular complexity index is 1740. The Morgan fingerprint density at radius 2 is 0.532 bits per heavy atom. The van der Waals surface area contributed by atoms with Gasteiger partial charge in [0.2, 0.25) is 0 Å². The maximum absolute atomic E-state index is 12.9. The van der Waals surface area contributed by atoms with Crippen LogP contribution in [0.1, 0.15) is 252 Å². The summed E-state index contributed by atoms with van der Waals surface area (Å²) in [6, 6.07) is 0. The molecule has 0 saturated heterocycles. The molecule has 0 amide bonds. The fourth-order valence-corrected chi connectivity index (χ4v) is 7.94. The summed E-state index contributed by atoms with van der Waals surface area (Å²) < 4.78 is 16.8. The van der Waals surface area contributed by atoms with Crippen molar-refractivity contribution >= 4 is 17.9 Å². The first-order chi connectivity index (χ1) is 38.0. The van der Waals surface area contributed by atoms with E-state index in [0.717, 1.165) is 128 Å². The van der Waals surface area contributed by atoms with Crippen molar-refractivity contribution in [2.24, 2.45) is 0 Å². The van der Waals surface area contributed by atoms with Crippen molar-refractivity contribution in [3.63, 3.8) is 0 Å². The molecular weight excluding hydrogens is 949 g/mol. The van der Waals surface area contributed by atoms with Gasteiger partial charge in [0.15, 0.2) is 6.10 Å². The van der Waals surface area contributed by atoms with Gasteiger partial charge in [0, 0.05) is 19.3 Å². The summed E-state index contributed by atoms with van der Waals surface area (Å²) in [7, 11) is 0. The van der Waals surface area contributed by atoms with E-state index in [-0.39, 0.29) is 37.5 Å². The Labute approximate surface area is 473 Å². The SMILES string of the molecule is CC/C=C\C/C=C\C/C=C\C/C=C\C/C=C\C/C=C\C/C=C\CCCCCCCCCC(=O)OCC(COC(=O)CC/C=C\C/C=C\C/C=C\C/C=C\CC)OC(=O)CCCCCCCCC/C=C\C/C=C\CCCCC. The van der Waals surface area contributed by atoms with Crippen molar-refractivity contribution in [1.29, 1.82) is 0 Å². The lowest BCUT2D eigenvalue weighted by atomic mass is 10.1. The topological polar surface area (TPSA) is 78.9 Å². The minimum absolute atomic E-state index is 0.116. The minimum atomic E-state index is -0.824. The van der Waals surface area contributed by atoms with E-state index in [9.17, 15) is 14.4 Å². The number of carbonyl (C=O) groups is 3. The van der Waals surface area contributed by atoms with Crippen LogP contribution in [0.15, 0.2) is 158 Å². The van der Waals surface area contributed by atoms with Crippen molar-refractivity contribution in [3.05, 3.63) is 158 Å². The van der Waals surface area contributed by atoms with E-state index >= 15 is 0 Å². The summed E-state index contributed by atoms with van der Waals surface area (Å²) in [5.41, 5.74) is 0. The zero-order chi connectivity index (χ0) is 55.7. The Morgan fingerprint density at radius 1 is 0.273 bits per heavy atom. The highest BCUT2D eigenvalue weighted by atomic mass is 16.6. The zero-order valence-corrected chi connectivity index (χ0v) is 49.4. The summed E-state index contributed by atoms with van der Waals surface area (Å²) in [5.74, 6) is -1.02. The molecule has 1 unspecified atom stereocenters. The number of allylic oxidation sites excluding steroid dienone is 26. The Hall–Kier alpha value is -4.97. The molecule has 0 spiro atoms. The molecule has 1 atom stereocenters. The van der Waals surface area contributed by atoms with Gasteiger partial charge >= 0.3 is 17.9 Å². The molecule has 0 N–H and O–H groups in total. The highest BCUT2D eigenvalue weighted by Crippen LogP contribution is 2.14. The Kier molecular flexibility index (Phi) is 59.5. The van der Waals surface area contributed by atoms with Crippen LogP contribution in [0.5, 0.6) is 0 Å². The van der Waals surface area contributed by atoms with E-state index in [1.807, 2.05) is 12.2 Å². The summed E-state index contributed by atoms with van der Waals surface area (Å²) in [6.07, 6.45) is 92.6. The second-order valence-electron chi connectivity index (χ2n) is 19.8. The van der Waals surface area contributed by atoms with Crippen LogP contribution >= 0.6 is 0 Å². The van der Waals surface area contributed by atoms with E-state index in [1.165, 1.54) is 77.0 Å². The quantitative estimate of drug-likeness (QED) is 0.0261. The molecular formula is C71H112O6. The third-order valence-electron chi connectivity index (χ3n) is 12.5. The molecule has 0 heterocycles. The number of ether oxygens (including phenoxy) is 3. The van der Waals surface area contributed by atoms with Crippen molar-refractivity contribution in [2.75, 3.05) is 13.2 Å². The average molecular weight is 1060 g/mol. The second-order valence-corrected chi connectivity index (χ2v) is 19.8. The number of hydrogen-bond donors (Lipinski definition) is 0. The molecule has 0 aliphatic heterocycles. The van der Waals surface area contributed by atoms with Crippen molar-refractivity contribution in [1.82, 2.24) is 0 Å². The predicted octanol–water partition coefficient (Wildman–Crippen LogP) is 21.3.